The summed E-state index contributed by atoms with van der Waals surface area (Å²) in [5, 5.41) is 6.09. The number of amides is 1. The van der Waals surface area contributed by atoms with Crippen molar-refractivity contribution in [2.24, 2.45) is 0 Å². The van der Waals surface area contributed by atoms with Crippen LogP contribution in [-0.4, -0.2) is 24.5 Å². The fourth-order valence-electron chi connectivity index (χ4n) is 2.04. The van der Waals surface area contributed by atoms with Crippen LogP contribution in [0.1, 0.15) is 29.3 Å². The fourth-order valence-corrected chi connectivity index (χ4v) is 2.04. The van der Waals surface area contributed by atoms with Gasteiger partial charge in [-0.3, -0.25) is 9.78 Å². The molecule has 0 fully saturated rings. The van der Waals surface area contributed by atoms with Crippen molar-refractivity contribution in [3.05, 3.63) is 47.8 Å². The highest BCUT2D eigenvalue weighted by Gasteiger charge is 2.11. The highest BCUT2D eigenvalue weighted by Crippen LogP contribution is 2.25. The maximum atomic E-state index is 12.4. The van der Waals surface area contributed by atoms with Gasteiger partial charge in [0.15, 0.2) is 0 Å². The van der Waals surface area contributed by atoms with Gasteiger partial charge in [0.1, 0.15) is 5.75 Å². The lowest BCUT2D eigenvalue weighted by atomic mass is 10.2. The lowest BCUT2D eigenvalue weighted by molar-refractivity contribution is 0.102. The zero-order chi connectivity index (χ0) is 15.9. The van der Waals surface area contributed by atoms with Gasteiger partial charge in [0.2, 0.25) is 0 Å². The van der Waals surface area contributed by atoms with Crippen molar-refractivity contribution >= 4 is 17.3 Å². The first kappa shape index (κ1) is 15.8. The van der Waals surface area contributed by atoms with Crippen LogP contribution in [0.3, 0.4) is 0 Å². The van der Waals surface area contributed by atoms with Crippen molar-refractivity contribution in [2.45, 2.75) is 20.3 Å². The number of anilines is 2. The minimum atomic E-state index is -0.212. The minimum absolute atomic E-state index is 0.212. The van der Waals surface area contributed by atoms with Crippen molar-refractivity contribution in [3.8, 4) is 5.75 Å². The van der Waals surface area contributed by atoms with Crippen LogP contribution in [0.25, 0.3) is 0 Å². The van der Waals surface area contributed by atoms with Gasteiger partial charge >= 0.3 is 0 Å². The largest absolute Gasteiger partial charge is 0.495 e. The summed E-state index contributed by atoms with van der Waals surface area (Å²) in [6, 6.07) is 7.44. The summed E-state index contributed by atoms with van der Waals surface area (Å²) in [6.45, 7) is 4.89. The molecule has 116 valence electrons. The second kappa shape index (κ2) is 7.45. The predicted molar refractivity (Wildman–Crippen MR) is 88.7 cm³/mol. The molecule has 0 bridgehead atoms. The van der Waals surface area contributed by atoms with Crippen LogP contribution in [-0.2, 0) is 0 Å². The molecule has 2 N–H and O–H groups in total. The number of hydrogen-bond donors (Lipinski definition) is 2. The first-order valence-corrected chi connectivity index (χ1v) is 7.29. The molecular weight excluding hydrogens is 278 g/mol. The number of nitrogens with one attached hydrogen (secondary N) is 2. The number of pyridine rings is 1. The molecule has 2 rings (SSSR count). The van der Waals surface area contributed by atoms with Crippen molar-refractivity contribution in [1.82, 2.24) is 4.98 Å². The topological polar surface area (TPSA) is 63.2 Å². The lowest BCUT2D eigenvalue weighted by Gasteiger charge is -2.11. The van der Waals surface area contributed by atoms with Gasteiger partial charge in [0.05, 0.1) is 24.0 Å². The van der Waals surface area contributed by atoms with Crippen LogP contribution in [0.2, 0.25) is 0 Å². The van der Waals surface area contributed by atoms with E-state index in [4.69, 9.17) is 4.74 Å². The Kier molecular flexibility index (Phi) is 5.36. The third-order valence-electron chi connectivity index (χ3n) is 3.18. The van der Waals surface area contributed by atoms with Crippen LogP contribution in [0, 0.1) is 6.92 Å². The summed E-state index contributed by atoms with van der Waals surface area (Å²) in [5.41, 5.74) is 3.04. The van der Waals surface area contributed by atoms with Gasteiger partial charge in [-0.2, -0.15) is 0 Å². The molecule has 1 heterocycles. The van der Waals surface area contributed by atoms with E-state index in [1.54, 1.807) is 25.6 Å². The zero-order valence-electron chi connectivity index (χ0n) is 13.1. The van der Waals surface area contributed by atoms with Gasteiger partial charge in [-0.15, -0.1) is 0 Å². The Balaban J connectivity index is 2.17. The van der Waals surface area contributed by atoms with E-state index in [9.17, 15) is 4.79 Å². The highest BCUT2D eigenvalue weighted by molar-refractivity contribution is 6.05. The first-order chi connectivity index (χ1) is 10.6. The summed E-state index contributed by atoms with van der Waals surface area (Å²) in [7, 11) is 1.58. The first-order valence-electron chi connectivity index (χ1n) is 7.29. The third kappa shape index (κ3) is 3.97. The Morgan fingerprint density at radius 2 is 2.09 bits per heavy atom. The minimum Gasteiger partial charge on any atom is -0.495 e. The number of methoxy groups -OCH3 is 1. The summed E-state index contributed by atoms with van der Waals surface area (Å²) in [6.07, 6.45) is 4.27. The van der Waals surface area contributed by atoms with E-state index in [1.165, 1.54) is 0 Å². The van der Waals surface area contributed by atoms with Gasteiger partial charge in [0, 0.05) is 18.9 Å². The number of carbonyl (C=O) groups excluding carboxylic acids is 1. The van der Waals surface area contributed by atoms with E-state index in [2.05, 4.69) is 22.5 Å². The molecule has 5 heteroatoms. The number of nitrogens with zero attached hydrogens (tertiary/aromatic N) is 1. The standard InChI is InChI=1S/C17H21N3O2/c1-4-7-19-14-9-13(10-18-11-14)17(21)20-15-8-12(2)5-6-16(15)22-3/h5-6,8-11,19H,4,7H2,1-3H3,(H,20,21). The fraction of sp³-hybridized carbons (Fsp3) is 0.294. The molecular formula is C17H21N3O2. The van der Waals surface area contributed by atoms with E-state index in [0.717, 1.165) is 24.2 Å². The van der Waals surface area contributed by atoms with Gasteiger partial charge in [-0.05, 0) is 37.1 Å². The van der Waals surface area contributed by atoms with Crippen molar-refractivity contribution in [1.29, 1.82) is 0 Å². The Morgan fingerprint density at radius 1 is 1.27 bits per heavy atom. The van der Waals surface area contributed by atoms with Crippen LogP contribution in [0.15, 0.2) is 36.7 Å². The van der Waals surface area contributed by atoms with E-state index < -0.39 is 0 Å². The van der Waals surface area contributed by atoms with Crippen LogP contribution in [0.5, 0.6) is 5.75 Å². The van der Waals surface area contributed by atoms with E-state index in [1.807, 2.05) is 25.1 Å². The van der Waals surface area contributed by atoms with Gasteiger partial charge in [0.25, 0.3) is 5.91 Å². The second-order valence-corrected chi connectivity index (χ2v) is 5.05. The monoisotopic (exact) mass is 299 g/mol. The molecule has 0 aliphatic rings. The Labute approximate surface area is 130 Å². The van der Waals surface area contributed by atoms with Gasteiger partial charge in [-0.25, -0.2) is 0 Å². The summed E-state index contributed by atoms with van der Waals surface area (Å²) in [5.74, 6) is 0.420. The number of aryl methyl sites for hydroxylation is 1. The molecule has 0 saturated heterocycles. The average Bonchev–Trinajstić information content (AvgIpc) is 2.53. The molecule has 22 heavy (non-hydrogen) atoms. The Morgan fingerprint density at radius 3 is 2.82 bits per heavy atom. The summed E-state index contributed by atoms with van der Waals surface area (Å²) in [4.78, 5) is 16.5. The molecule has 0 atom stereocenters. The number of rotatable bonds is 6. The molecule has 5 nitrogen and oxygen atoms in total. The van der Waals surface area contributed by atoms with Gasteiger partial charge < -0.3 is 15.4 Å². The average molecular weight is 299 g/mol. The lowest BCUT2D eigenvalue weighted by Crippen LogP contribution is -2.13. The highest BCUT2D eigenvalue weighted by atomic mass is 16.5. The van der Waals surface area contributed by atoms with Crippen LogP contribution >= 0.6 is 0 Å². The number of ether oxygens (including phenoxy) is 1. The van der Waals surface area contributed by atoms with Crippen LogP contribution < -0.4 is 15.4 Å². The number of carbonyl (C=O) groups is 1. The predicted octanol–water partition coefficient (Wildman–Crippen LogP) is 3.47. The Hall–Kier alpha value is -2.56. The molecule has 1 aromatic heterocycles. The summed E-state index contributed by atoms with van der Waals surface area (Å²) >= 11 is 0. The van der Waals surface area contributed by atoms with E-state index in [-0.39, 0.29) is 5.91 Å². The van der Waals surface area contributed by atoms with Crippen molar-refractivity contribution in [3.63, 3.8) is 0 Å². The molecule has 0 unspecified atom stereocenters. The summed E-state index contributed by atoms with van der Waals surface area (Å²) < 4.78 is 5.27. The molecule has 0 radical (unpaired) electrons. The maximum Gasteiger partial charge on any atom is 0.257 e. The molecule has 0 aliphatic heterocycles. The number of hydrogen-bond acceptors (Lipinski definition) is 4. The third-order valence-corrected chi connectivity index (χ3v) is 3.18. The molecule has 0 saturated carbocycles. The number of benzene rings is 1. The molecule has 0 spiro atoms. The van der Waals surface area contributed by atoms with Crippen molar-refractivity contribution in [2.75, 3.05) is 24.3 Å². The number of aromatic nitrogens is 1. The SMILES string of the molecule is CCCNc1cncc(C(=O)Nc2cc(C)ccc2OC)c1. The normalized spacial score (nSPS) is 10.1. The molecule has 1 amide bonds. The van der Waals surface area contributed by atoms with E-state index >= 15 is 0 Å². The van der Waals surface area contributed by atoms with E-state index in [0.29, 0.717) is 17.0 Å². The van der Waals surface area contributed by atoms with Crippen molar-refractivity contribution < 1.29 is 9.53 Å². The maximum absolute atomic E-state index is 12.4. The molecule has 2 aromatic rings. The Bertz CT molecular complexity index is 656. The second-order valence-electron chi connectivity index (χ2n) is 5.05. The molecule has 1 aromatic carbocycles. The van der Waals surface area contributed by atoms with Crippen LogP contribution in [0.4, 0.5) is 11.4 Å². The zero-order valence-corrected chi connectivity index (χ0v) is 13.1. The smallest absolute Gasteiger partial charge is 0.257 e. The van der Waals surface area contributed by atoms with Gasteiger partial charge in [-0.1, -0.05) is 13.0 Å². The quantitative estimate of drug-likeness (QED) is 0.857. The molecule has 0 aliphatic carbocycles.